The molecule has 1 saturated carbocycles. The number of hydrogen-bond donors (Lipinski definition) is 2. The van der Waals surface area contributed by atoms with Crippen LogP contribution in [0.25, 0.3) is 0 Å². The molecule has 1 amide bonds. The summed E-state index contributed by atoms with van der Waals surface area (Å²) in [6, 6.07) is 7.22. The molecule has 0 bridgehead atoms. The van der Waals surface area contributed by atoms with Gasteiger partial charge in [0.1, 0.15) is 17.2 Å². The Bertz CT molecular complexity index is 790. The van der Waals surface area contributed by atoms with E-state index in [1.54, 1.807) is 38.6 Å². The number of methoxy groups -OCH3 is 2. The van der Waals surface area contributed by atoms with Crippen LogP contribution >= 0.6 is 11.6 Å². The molecule has 27 heavy (non-hydrogen) atoms. The van der Waals surface area contributed by atoms with Gasteiger partial charge in [-0.1, -0.05) is 30.9 Å². The number of benzene rings is 1. The predicted molar refractivity (Wildman–Crippen MR) is 106 cm³/mol. The minimum atomic E-state index is -0.126. The third-order valence-corrected chi connectivity index (χ3v) is 4.98. The lowest BCUT2D eigenvalue weighted by molar-refractivity contribution is 0.0922. The van der Waals surface area contributed by atoms with Gasteiger partial charge in [0.05, 0.1) is 36.8 Å². The molecule has 1 heterocycles. The third kappa shape index (κ3) is 4.83. The summed E-state index contributed by atoms with van der Waals surface area (Å²) < 4.78 is 10.6. The maximum absolute atomic E-state index is 12.4. The van der Waals surface area contributed by atoms with E-state index in [9.17, 15) is 4.79 Å². The van der Waals surface area contributed by atoms with Crippen molar-refractivity contribution in [1.29, 1.82) is 0 Å². The number of nitrogens with one attached hydrogen (secondary N) is 2. The Morgan fingerprint density at radius 1 is 1.11 bits per heavy atom. The smallest absolute Gasteiger partial charge is 0.270 e. The van der Waals surface area contributed by atoms with Crippen molar-refractivity contribution in [3.05, 3.63) is 41.2 Å². The molecule has 144 valence electrons. The number of amides is 1. The van der Waals surface area contributed by atoms with E-state index < -0.39 is 0 Å². The summed E-state index contributed by atoms with van der Waals surface area (Å²) >= 11 is 6.13. The van der Waals surface area contributed by atoms with Crippen LogP contribution in [0, 0.1) is 0 Å². The summed E-state index contributed by atoms with van der Waals surface area (Å²) in [6.07, 6.45) is 7.31. The van der Waals surface area contributed by atoms with Crippen molar-refractivity contribution in [2.24, 2.45) is 0 Å². The van der Waals surface area contributed by atoms with E-state index in [1.165, 1.54) is 19.3 Å². The summed E-state index contributed by atoms with van der Waals surface area (Å²) in [5.41, 5.74) is 1.83. The zero-order chi connectivity index (χ0) is 19.2. The van der Waals surface area contributed by atoms with E-state index in [2.05, 4.69) is 15.6 Å². The summed E-state index contributed by atoms with van der Waals surface area (Å²) in [4.78, 5) is 16.6. The molecule has 1 aromatic heterocycles. The molecule has 2 N–H and O–H groups in total. The first kappa shape index (κ1) is 19.3. The highest BCUT2D eigenvalue weighted by Crippen LogP contribution is 2.37. The highest BCUT2D eigenvalue weighted by Gasteiger charge is 2.17. The fourth-order valence-electron chi connectivity index (χ4n) is 3.22. The molecule has 3 rings (SSSR count). The molecule has 1 aliphatic rings. The molecule has 6 nitrogen and oxygen atoms in total. The number of ether oxygens (including phenoxy) is 2. The number of halogens is 1. The molecular weight excluding hydrogens is 366 g/mol. The lowest BCUT2D eigenvalue weighted by Gasteiger charge is -2.22. The number of nitrogens with zero attached hydrogens (tertiary/aromatic N) is 1. The lowest BCUT2D eigenvalue weighted by atomic mass is 9.95. The topological polar surface area (TPSA) is 72.5 Å². The quantitative estimate of drug-likeness (QED) is 0.757. The average molecular weight is 390 g/mol. The van der Waals surface area contributed by atoms with E-state index >= 15 is 0 Å². The van der Waals surface area contributed by atoms with Gasteiger partial charge in [-0.05, 0) is 25.0 Å². The summed E-state index contributed by atoms with van der Waals surface area (Å²) in [5.74, 6) is 0.996. The summed E-state index contributed by atoms with van der Waals surface area (Å²) in [6.45, 7) is 0. The van der Waals surface area contributed by atoms with Crippen LogP contribution in [0.2, 0.25) is 5.02 Å². The van der Waals surface area contributed by atoms with Crippen molar-refractivity contribution in [2.45, 2.75) is 38.1 Å². The largest absolute Gasteiger partial charge is 0.495 e. The van der Waals surface area contributed by atoms with Gasteiger partial charge >= 0.3 is 0 Å². The van der Waals surface area contributed by atoms with Gasteiger partial charge in [0.2, 0.25) is 0 Å². The van der Waals surface area contributed by atoms with Crippen molar-refractivity contribution in [3.63, 3.8) is 0 Å². The molecule has 0 aliphatic heterocycles. The van der Waals surface area contributed by atoms with Crippen LogP contribution < -0.4 is 20.1 Å². The van der Waals surface area contributed by atoms with Crippen LogP contribution in [-0.2, 0) is 0 Å². The minimum Gasteiger partial charge on any atom is -0.495 e. The Morgan fingerprint density at radius 3 is 2.48 bits per heavy atom. The van der Waals surface area contributed by atoms with Crippen molar-refractivity contribution in [1.82, 2.24) is 10.3 Å². The summed E-state index contributed by atoms with van der Waals surface area (Å²) in [7, 11) is 3.12. The van der Waals surface area contributed by atoms with E-state index in [1.807, 2.05) is 6.07 Å². The number of anilines is 2. The van der Waals surface area contributed by atoms with E-state index in [-0.39, 0.29) is 11.9 Å². The zero-order valence-electron chi connectivity index (χ0n) is 15.5. The molecule has 0 spiro atoms. The molecule has 1 fully saturated rings. The molecule has 0 unspecified atom stereocenters. The van der Waals surface area contributed by atoms with Gasteiger partial charge in [0.25, 0.3) is 5.91 Å². The molecule has 0 saturated heterocycles. The molecule has 7 heteroatoms. The number of carbonyl (C=O) groups excluding carboxylic acids is 1. The van der Waals surface area contributed by atoms with Crippen LogP contribution in [0.4, 0.5) is 11.4 Å². The highest BCUT2D eigenvalue weighted by atomic mass is 35.5. The van der Waals surface area contributed by atoms with Gasteiger partial charge in [-0.2, -0.15) is 0 Å². The van der Waals surface area contributed by atoms with Crippen LogP contribution in [0.1, 0.15) is 42.6 Å². The molecule has 0 radical (unpaired) electrons. The van der Waals surface area contributed by atoms with Gasteiger partial charge in [-0.15, -0.1) is 0 Å². The van der Waals surface area contributed by atoms with Crippen LogP contribution in [-0.4, -0.2) is 31.2 Å². The molecule has 1 aromatic carbocycles. The standard InChI is InChI=1S/C20H24ClN3O3/c1-26-18-11-17(19(27-2)10-15(18)21)23-14-8-9-16(22-12-14)20(25)24-13-6-4-3-5-7-13/h8-13,23H,3-7H2,1-2H3,(H,24,25). The fourth-order valence-corrected chi connectivity index (χ4v) is 3.45. The number of aromatic nitrogens is 1. The first-order valence-electron chi connectivity index (χ1n) is 9.06. The molecule has 2 aromatic rings. The SMILES string of the molecule is COc1cc(Nc2ccc(C(=O)NC3CCCCC3)nc2)c(OC)cc1Cl. The van der Waals surface area contributed by atoms with Gasteiger partial charge < -0.3 is 20.1 Å². The number of hydrogen-bond acceptors (Lipinski definition) is 5. The van der Waals surface area contributed by atoms with E-state index in [0.717, 1.165) is 18.5 Å². The van der Waals surface area contributed by atoms with Crippen molar-refractivity contribution < 1.29 is 14.3 Å². The maximum Gasteiger partial charge on any atom is 0.270 e. The summed E-state index contributed by atoms with van der Waals surface area (Å²) in [5, 5.41) is 6.75. The van der Waals surface area contributed by atoms with E-state index in [0.29, 0.717) is 27.9 Å². The predicted octanol–water partition coefficient (Wildman–Crippen LogP) is 4.56. The second-order valence-electron chi connectivity index (χ2n) is 6.55. The zero-order valence-corrected chi connectivity index (χ0v) is 16.3. The highest BCUT2D eigenvalue weighted by molar-refractivity contribution is 6.32. The van der Waals surface area contributed by atoms with Crippen molar-refractivity contribution in [3.8, 4) is 11.5 Å². The molecule has 0 atom stereocenters. The van der Waals surface area contributed by atoms with Gasteiger partial charge in [-0.3, -0.25) is 4.79 Å². The van der Waals surface area contributed by atoms with Crippen LogP contribution in [0.15, 0.2) is 30.5 Å². The number of pyridine rings is 1. The maximum atomic E-state index is 12.4. The van der Waals surface area contributed by atoms with Crippen LogP contribution in [0.5, 0.6) is 11.5 Å². The Kier molecular flexibility index (Phi) is 6.40. The normalized spacial score (nSPS) is 14.5. The monoisotopic (exact) mass is 389 g/mol. The number of rotatable bonds is 6. The second-order valence-corrected chi connectivity index (χ2v) is 6.96. The van der Waals surface area contributed by atoms with Crippen molar-refractivity contribution >= 4 is 28.9 Å². The van der Waals surface area contributed by atoms with Crippen molar-refractivity contribution in [2.75, 3.05) is 19.5 Å². The van der Waals surface area contributed by atoms with Crippen LogP contribution in [0.3, 0.4) is 0 Å². The van der Waals surface area contributed by atoms with Gasteiger partial charge in [0, 0.05) is 18.2 Å². The third-order valence-electron chi connectivity index (χ3n) is 4.69. The first-order valence-corrected chi connectivity index (χ1v) is 9.44. The van der Waals surface area contributed by atoms with Gasteiger partial charge in [-0.25, -0.2) is 4.98 Å². The Morgan fingerprint density at radius 2 is 1.85 bits per heavy atom. The fraction of sp³-hybridized carbons (Fsp3) is 0.400. The second kappa shape index (κ2) is 8.95. The molecular formula is C20H24ClN3O3. The Balaban J connectivity index is 1.69. The Labute approximate surface area is 164 Å². The number of carbonyl (C=O) groups is 1. The lowest BCUT2D eigenvalue weighted by Crippen LogP contribution is -2.36. The first-order chi connectivity index (χ1) is 13.1. The molecule has 1 aliphatic carbocycles. The minimum absolute atomic E-state index is 0.126. The van der Waals surface area contributed by atoms with Gasteiger partial charge in [0.15, 0.2) is 0 Å². The Hall–Kier alpha value is -2.47. The van der Waals surface area contributed by atoms with E-state index in [4.69, 9.17) is 21.1 Å². The average Bonchev–Trinajstić information content (AvgIpc) is 2.70.